The second-order valence-electron chi connectivity index (χ2n) is 5.96. The van der Waals surface area contributed by atoms with Crippen LogP contribution in [-0.4, -0.2) is 44.9 Å². The van der Waals surface area contributed by atoms with E-state index in [9.17, 15) is 24.5 Å². The van der Waals surface area contributed by atoms with Gasteiger partial charge < -0.3 is 15.0 Å². The van der Waals surface area contributed by atoms with Crippen molar-refractivity contribution in [2.24, 2.45) is 5.92 Å². The molecular formula is C16H15N3O6. The molecule has 0 unspecified atom stereocenters. The predicted octanol–water partition coefficient (Wildman–Crippen LogP) is 1.37. The minimum Gasteiger partial charge on any atom is -0.481 e. The normalized spacial score (nSPS) is 17.4. The topological polar surface area (TPSA) is 134 Å². The Labute approximate surface area is 141 Å². The molecule has 2 aromatic rings. The van der Waals surface area contributed by atoms with Gasteiger partial charge in [-0.05, 0) is 18.9 Å². The highest BCUT2D eigenvalue weighted by molar-refractivity contribution is 6.06. The first-order valence-electron chi connectivity index (χ1n) is 7.70. The van der Waals surface area contributed by atoms with Crippen LogP contribution in [-0.2, 0) is 4.79 Å². The molecule has 0 spiro atoms. The number of nitrogens with zero attached hydrogens (tertiary/aromatic N) is 2. The first-order valence-corrected chi connectivity index (χ1v) is 7.70. The summed E-state index contributed by atoms with van der Waals surface area (Å²) in [4.78, 5) is 50.2. The van der Waals surface area contributed by atoms with Crippen LogP contribution in [0.5, 0.6) is 0 Å². The monoisotopic (exact) mass is 345 g/mol. The van der Waals surface area contributed by atoms with Gasteiger partial charge in [0.15, 0.2) is 0 Å². The first-order chi connectivity index (χ1) is 11.9. The molecule has 3 rings (SSSR count). The maximum Gasteiger partial charge on any atom is 0.308 e. The number of carboxylic acids is 1. The van der Waals surface area contributed by atoms with Crippen molar-refractivity contribution in [3.05, 3.63) is 50.3 Å². The molecule has 1 aromatic carbocycles. The Morgan fingerprint density at radius 1 is 1.32 bits per heavy atom. The minimum atomic E-state index is -0.969. The third-order valence-corrected chi connectivity index (χ3v) is 4.33. The van der Waals surface area contributed by atoms with Crippen LogP contribution in [0.3, 0.4) is 0 Å². The van der Waals surface area contributed by atoms with E-state index in [1.165, 1.54) is 23.1 Å². The van der Waals surface area contributed by atoms with Gasteiger partial charge in [0.25, 0.3) is 11.6 Å². The van der Waals surface area contributed by atoms with E-state index < -0.39 is 28.3 Å². The summed E-state index contributed by atoms with van der Waals surface area (Å²) in [6.45, 7) is 0.434. The Bertz CT molecular complexity index is 935. The van der Waals surface area contributed by atoms with Crippen molar-refractivity contribution in [1.29, 1.82) is 0 Å². The molecule has 1 amide bonds. The van der Waals surface area contributed by atoms with Gasteiger partial charge in [0.05, 0.1) is 16.4 Å². The van der Waals surface area contributed by atoms with Crippen LogP contribution in [0.15, 0.2) is 29.1 Å². The van der Waals surface area contributed by atoms with Crippen LogP contribution >= 0.6 is 0 Å². The molecule has 1 aliphatic rings. The lowest BCUT2D eigenvalue weighted by Crippen LogP contribution is -2.42. The number of amides is 1. The molecule has 1 atom stereocenters. The van der Waals surface area contributed by atoms with E-state index in [2.05, 4.69) is 4.98 Å². The van der Waals surface area contributed by atoms with E-state index >= 15 is 0 Å². The van der Waals surface area contributed by atoms with Crippen molar-refractivity contribution in [3.8, 4) is 0 Å². The highest BCUT2D eigenvalue weighted by atomic mass is 16.6. The number of fused-ring (bicyclic) bond motifs is 1. The molecule has 1 aliphatic heterocycles. The van der Waals surface area contributed by atoms with E-state index in [4.69, 9.17) is 5.11 Å². The van der Waals surface area contributed by atoms with Gasteiger partial charge in [-0.25, -0.2) is 0 Å². The summed E-state index contributed by atoms with van der Waals surface area (Å²) in [5, 5.41) is 20.4. The molecular weight excluding hydrogens is 330 g/mol. The molecule has 130 valence electrons. The lowest BCUT2D eigenvalue weighted by atomic mass is 9.97. The number of pyridine rings is 1. The smallest absolute Gasteiger partial charge is 0.308 e. The average molecular weight is 345 g/mol. The zero-order chi connectivity index (χ0) is 18.1. The fourth-order valence-electron chi connectivity index (χ4n) is 3.07. The van der Waals surface area contributed by atoms with E-state index in [0.717, 1.165) is 6.07 Å². The standard InChI is InChI=1S/C16H15N3O6/c20-14-7-12(11-6-10(19(24)25)3-4-13(11)17-14)15(21)18-5-1-2-9(8-18)16(22)23/h3-4,6-7,9H,1-2,5,8H2,(H,17,20)(H,22,23)/t9-/m0/s1. The van der Waals surface area contributed by atoms with Gasteiger partial charge in [-0.1, -0.05) is 0 Å². The van der Waals surface area contributed by atoms with Crippen LogP contribution in [0.2, 0.25) is 0 Å². The Balaban J connectivity index is 2.05. The number of carboxylic acid groups (broad SMARTS) is 1. The second-order valence-corrected chi connectivity index (χ2v) is 5.96. The van der Waals surface area contributed by atoms with Crippen LogP contribution in [0.1, 0.15) is 23.2 Å². The number of benzene rings is 1. The number of nitro groups is 1. The van der Waals surface area contributed by atoms with Crippen LogP contribution in [0.25, 0.3) is 10.9 Å². The van der Waals surface area contributed by atoms with Crippen molar-refractivity contribution < 1.29 is 19.6 Å². The molecule has 1 saturated heterocycles. The Morgan fingerprint density at radius 3 is 2.76 bits per heavy atom. The van der Waals surface area contributed by atoms with Crippen LogP contribution in [0, 0.1) is 16.0 Å². The van der Waals surface area contributed by atoms with Crippen molar-refractivity contribution in [1.82, 2.24) is 9.88 Å². The Kier molecular flexibility index (Phi) is 4.22. The van der Waals surface area contributed by atoms with Crippen molar-refractivity contribution >= 4 is 28.5 Å². The van der Waals surface area contributed by atoms with Crippen molar-refractivity contribution in [2.45, 2.75) is 12.8 Å². The van der Waals surface area contributed by atoms with Gasteiger partial charge in [0, 0.05) is 42.2 Å². The number of likely N-dealkylation sites (tertiary alicyclic amines) is 1. The maximum absolute atomic E-state index is 12.8. The number of non-ortho nitro benzene ring substituents is 1. The number of aromatic amines is 1. The average Bonchev–Trinajstić information content (AvgIpc) is 2.59. The van der Waals surface area contributed by atoms with E-state index in [1.54, 1.807) is 0 Å². The summed E-state index contributed by atoms with van der Waals surface area (Å²) in [6.07, 6.45) is 1.03. The number of nitro benzene ring substituents is 1. The third kappa shape index (κ3) is 3.21. The summed E-state index contributed by atoms with van der Waals surface area (Å²) in [5.41, 5.74) is -0.353. The van der Waals surface area contributed by atoms with Crippen LogP contribution in [0.4, 0.5) is 5.69 Å². The van der Waals surface area contributed by atoms with E-state index in [-0.39, 0.29) is 23.2 Å². The zero-order valence-electron chi connectivity index (χ0n) is 13.1. The SMILES string of the molecule is O=C(O)[C@H]1CCCN(C(=O)c2cc(=O)[nH]c3ccc([N+](=O)[O-])cc23)C1. The van der Waals surface area contributed by atoms with E-state index in [0.29, 0.717) is 24.9 Å². The van der Waals surface area contributed by atoms with Gasteiger partial charge in [0.1, 0.15) is 0 Å². The summed E-state index contributed by atoms with van der Waals surface area (Å²) < 4.78 is 0. The molecule has 0 saturated carbocycles. The molecule has 25 heavy (non-hydrogen) atoms. The Morgan fingerprint density at radius 2 is 2.08 bits per heavy atom. The highest BCUT2D eigenvalue weighted by Crippen LogP contribution is 2.24. The molecule has 1 aromatic heterocycles. The van der Waals surface area contributed by atoms with Crippen molar-refractivity contribution in [3.63, 3.8) is 0 Å². The number of piperidine rings is 1. The highest BCUT2D eigenvalue weighted by Gasteiger charge is 2.29. The number of aliphatic carboxylic acids is 1. The van der Waals surface area contributed by atoms with Crippen molar-refractivity contribution in [2.75, 3.05) is 13.1 Å². The number of carbonyl (C=O) groups excluding carboxylic acids is 1. The number of H-pyrrole nitrogens is 1. The largest absolute Gasteiger partial charge is 0.481 e. The van der Waals surface area contributed by atoms with Gasteiger partial charge in [0.2, 0.25) is 5.56 Å². The molecule has 2 N–H and O–H groups in total. The van der Waals surface area contributed by atoms with Gasteiger partial charge in [-0.15, -0.1) is 0 Å². The minimum absolute atomic E-state index is 0.0356. The fraction of sp³-hybridized carbons (Fsp3) is 0.312. The molecule has 9 nitrogen and oxygen atoms in total. The maximum atomic E-state index is 12.8. The molecule has 9 heteroatoms. The molecule has 2 heterocycles. The summed E-state index contributed by atoms with van der Waals surface area (Å²) in [7, 11) is 0. The summed E-state index contributed by atoms with van der Waals surface area (Å²) >= 11 is 0. The number of hydrogen-bond acceptors (Lipinski definition) is 5. The lowest BCUT2D eigenvalue weighted by molar-refractivity contribution is -0.384. The van der Waals surface area contributed by atoms with Gasteiger partial charge >= 0.3 is 5.97 Å². The number of rotatable bonds is 3. The predicted molar refractivity (Wildman–Crippen MR) is 87.5 cm³/mol. The van der Waals surface area contributed by atoms with E-state index in [1.807, 2.05) is 0 Å². The molecule has 1 fully saturated rings. The molecule has 0 bridgehead atoms. The lowest BCUT2D eigenvalue weighted by Gasteiger charge is -2.31. The Hall–Kier alpha value is -3.23. The number of carbonyl (C=O) groups is 2. The first kappa shape index (κ1) is 16.6. The summed E-state index contributed by atoms with van der Waals surface area (Å²) in [5.74, 6) is -2.12. The number of hydrogen-bond donors (Lipinski definition) is 2. The third-order valence-electron chi connectivity index (χ3n) is 4.33. The van der Waals surface area contributed by atoms with Crippen LogP contribution < -0.4 is 5.56 Å². The number of aromatic nitrogens is 1. The van der Waals surface area contributed by atoms with Gasteiger partial charge in [-0.2, -0.15) is 0 Å². The molecule has 0 radical (unpaired) electrons. The summed E-state index contributed by atoms with van der Waals surface area (Å²) in [6, 6.07) is 4.95. The second kappa shape index (κ2) is 6.34. The van der Waals surface area contributed by atoms with Gasteiger partial charge in [-0.3, -0.25) is 24.5 Å². The zero-order valence-corrected chi connectivity index (χ0v) is 13.1. The molecule has 0 aliphatic carbocycles. The quantitative estimate of drug-likeness (QED) is 0.637. The fourth-order valence-corrected chi connectivity index (χ4v) is 3.07. The number of nitrogens with one attached hydrogen (secondary N) is 1.